The van der Waals surface area contributed by atoms with Gasteiger partial charge in [0, 0.05) is 29.0 Å². The second kappa shape index (κ2) is 9.46. The number of aromatic nitrogens is 4. The molecule has 9 heteroatoms. The molecule has 0 saturated heterocycles. The van der Waals surface area contributed by atoms with Crippen LogP contribution in [0.5, 0.6) is 0 Å². The molecular weight excluding hydrogens is 489 g/mol. The van der Waals surface area contributed by atoms with Crippen molar-refractivity contribution < 1.29 is 4.39 Å². The molecule has 37 heavy (non-hydrogen) atoms. The van der Waals surface area contributed by atoms with Crippen LogP contribution in [0.15, 0.2) is 66.9 Å². The average molecular weight is 514 g/mol. The van der Waals surface area contributed by atoms with Crippen LogP contribution in [0.2, 0.25) is 5.02 Å². The van der Waals surface area contributed by atoms with Crippen molar-refractivity contribution in [3.05, 3.63) is 89.1 Å². The fourth-order valence-corrected chi connectivity index (χ4v) is 4.90. The van der Waals surface area contributed by atoms with Gasteiger partial charge in [0.05, 0.1) is 34.6 Å². The van der Waals surface area contributed by atoms with Crippen molar-refractivity contribution in [3.8, 4) is 11.3 Å². The van der Waals surface area contributed by atoms with E-state index in [1.54, 1.807) is 12.1 Å². The molecule has 5 aromatic rings. The number of rotatable bonds is 5. The van der Waals surface area contributed by atoms with Crippen molar-refractivity contribution in [2.24, 2.45) is 0 Å². The van der Waals surface area contributed by atoms with Gasteiger partial charge in [-0.15, -0.1) is 0 Å². The second-order valence-corrected chi connectivity index (χ2v) is 9.80. The van der Waals surface area contributed by atoms with E-state index in [1.807, 2.05) is 67.7 Å². The predicted molar refractivity (Wildman–Crippen MR) is 146 cm³/mol. The Hall–Kier alpha value is -4.01. The highest BCUT2D eigenvalue weighted by atomic mass is 35.5. The number of halogens is 2. The highest BCUT2D eigenvalue weighted by molar-refractivity contribution is 6.31. The van der Waals surface area contributed by atoms with E-state index >= 15 is 0 Å². The number of anilines is 4. The Morgan fingerprint density at radius 3 is 2.76 bits per heavy atom. The van der Waals surface area contributed by atoms with Gasteiger partial charge in [0.1, 0.15) is 11.6 Å². The topological polar surface area (TPSA) is 73.0 Å². The van der Waals surface area contributed by atoms with Gasteiger partial charge in [-0.1, -0.05) is 23.7 Å². The Morgan fingerprint density at radius 1 is 1.05 bits per heavy atom. The molecule has 0 spiro atoms. The van der Waals surface area contributed by atoms with Gasteiger partial charge in [0.25, 0.3) is 0 Å². The molecule has 7 nitrogen and oxygen atoms in total. The fraction of sp³-hybridized carbons (Fsp3) is 0.179. The summed E-state index contributed by atoms with van der Waals surface area (Å²) in [6.07, 6.45) is 2.50. The maximum Gasteiger partial charge on any atom is 0.227 e. The third-order valence-corrected chi connectivity index (χ3v) is 6.61. The standard InChI is InChI=1S/C28H25ClFN7/c1-36(2)16-26-33-22-10-8-19(14-23(22)34-26)32-28-31-15-17-11-12-37(24-6-4-3-5-21(24)30)25-13-18(29)7-9-20(25)27(17)35-28/h3-10,13-15H,11-12,16H2,1-2H3,(H,33,34)(H,31,32,35). The first-order chi connectivity index (χ1) is 17.9. The van der Waals surface area contributed by atoms with E-state index < -0.39 is 0 Å². The summed E-state index contributed by atoms with van der Waals surface area (Å²) in [4.78, 5) is 21.5. The predicted octanol–water partition coefficient (Wildman–Crippen LogP) is 6.31. The summed E-state index contributed by atoms with van der Waals surface area (Å²) in [7, 11) is 4.02. The van der Waals surface area contributed by atoms with Crippen molar-refractivity contribution in [2.75, 3.05) is 30.9 Å². The summed E-state index contributed by atoms with van der Waals surface area (Å²) in [5, 5.41) is 3.91. The molecular formula is C28H25ClFN7. The van der Waals surface area contributed by atoms with E-state index in [0.717, 1.165) is 51.6 Å². The highest BCUT2D eigenvalue weighted by Gasteiger charge is 2.24. The quantitative estimate of drug-likeness (QED) is 0.287. The van der Waals surface area contributed by atoms with E-state index in [9.17, 15) is 4.39 Å². The van der Waals surface area contributed by atoms with E-state index in [2.05, 4.69) is 25.2 Å². The van der Waals surface area contributed by atoms with Crippen LogP contribution in [0.1, 0.15) is 11.4 Å². The van der Waals surface area contributed by atoms with Crippen LogP contribution in [0.3, 0.4) is 0 Å². The lowest BCUT2D eigenvalue weighted by atomic mass is 10.0. The summed E-state index contributed by atoms with van der Waals surface area (Å²) in [6, 6.07) is 18.4. The highest BCUT2D eigenvalue weighted by Crippen LogP contribution is 2.41. The van der Waals surface area contributed by atoms with Crippen LogP contribution in [0.25, 0.3) is 22.3 Å². The molecule has 0 atom stereocenters. The number of hydrogen-bond donors (Lipinski definition) is 2. The molecule has 1 aliphatic rings. The molecule has 2 aromatic heterocycles. The van der Waals surface area contributed by atoms with Gasteiger partial charge in [-0.05, 0) is 74.6 Å². The minimum absolute atomic E-state index is 0.282. The van der Waals surface area contributed by atoms with Gasteiger partial charge in [0.2, 0.25) is 5.95 Å². The Kier molecular flexibility index (Phi) is 5.98. The minimum atomic E-state index is -0.282. The number of benzene rings is 3. The first kappa shape index (κ1) is 23.4. The zero-order valence-electron chi connectivity index (χ0n) is 20.5. The SMILES string of the molecule is CN(C)Cc1nc2ccc(Nc3ncc4c(n3)-c3ccc(Cl)cc3N(c3ccccc3F)CC4)cc2[nH]1. The summed E-state index contributed by atoms with van der Waals surface area (Å²) in [6.45, 7) is 1.31. The number of para-hydroxylation sites is 1. The Bertz CT molecular complexity index is 1610. The Morgan fingerprint density at radius 2 is 1.92 bits per heavy atom. The maximum absolute atomic E-state index is 14.8. The fourth-order valence-electron chi connectivity index (χ4n) is 4.73. The Balaban J connectivity index is 1.37. The summed E-state index contributed by atoms with van der Waals surface area (Å²) in [5.41, 5.74) is 6.69. The zero-order chi connectivity index (χ0) is 25.5. The van der Waals surface area contributed by atoms with Gasteiger partial charge in [-0.2, -0.15) is 0 Å². The van der Waals surface area contributed by atoms with Crippen molar-refractivity contribution >= 4 is 45.6 Å². The number of nitrogens with one attached hydrogen (secondary N) is 2. The number of imidazole rings is 1. The number of nitrogens with zero attached hydrogens (tertiary/aromatic N) is 5. The molecule has 0 saturated carbocycles. The van der Waals surface area contributed by atoms with Crippen LogP contribution in [-0.2, 0) is 13.0 Å². The van der Waals surface area contributed by atoms with E-state index in [1.165, 1.54) is 6.07 Å². The minimum Gasteiger partial charge on any atom is -0.341 e. The third-order valence-electron chi connectivity index (χ3n) is 6.37. The van der Waals surface area contributed by atoms with Crippen LogP contribution in [-0.4, -0.2) is 45.5 Å². The number of fused-ring (bicyclic) bond motifs is 4. The maximum atomic E-state index is 14.8. The molecule has 0 amide bonds. The lowest BCUT2D eigenvalue weighted by Gasteiger charge is -2.25. The molecule has 0 aliphatic carbocycles. The molecule has 1 aliphatic heterocycles. The number of aromatic amines is 1. The number of hydrogen-bond acceptors (Lipinski definition) is 6. The molecule has 0 radical (unpaired) electrons. The van der Waals surface area contributed by atoms with E-state index in [4.69, 9.17) is 16.6 Å². The monoisotopic (exact) mass is 513 g/mol. The van der Waals surface area contributed by atoms with Gasteiger partial charge in [0.15, 0.2) is 0 Å². The van der Waals surface area contributed by atoms with Crippen LogP contribution < -0.4 is 10.2 Å². The average Bonchev–Trinajstić information content (AvgIpc) is 3.19. The lowest BCUT2D eigenvalue weighted by Crippen LogP contribution is -2.20. The Labute approximate surface area is 219 Å². The van der Waals surface area contributed by atoms with Gasteiger partial charge >= 0.3 is 0 Å². The molecule has 0 bridgehead atoms. The van der Waals surface area contributed by atoms with Crippen molar-refractivity contribution in [3.63, 3.8) is 0 Å². The van der Waals surface area contributed by atoms with Crippen molar-refractivity contribution in [1.82, 2.24) is 24.8 Å². The van der Waals surface area contributed by atoms with Gasteiger partial charge in [-0.25, -0.2) is 19.3 Å². The molecule has 3 heterocycles. The smallest absolute Gasteiger partial charge is 0.227 e. The van der Waals surface area contributed by atoms with Gasteiger partial charge in [-0.3, -0.25) is 0 Å². The molecule has 3 aromatic carbocycles. The van der Waals surface area contributed by atoms with Gasteiger partial charge < -0.3 is 20.1 Å². The third kappa shape index (κ3) is 4.61. The first-order valence-electron chi connectivity index (χ1n) is 12.0. The first-order valence-corrected chi connectivity index (χ1v) is 12.4. The zero-order valence-corrected chi connectivity index (χ0v) is 21.2. The summed E-state index contributed by atoms with van der Waals surface area (Å²) < 4.78 is 14.8. The van der Waals surface area contributed by atoms with Crippen molar-refractivity contribution in [1.29, 1.82) is 0 Å². The normalized spacial score (nSPS) is 12.9. The molecule has 6 rings (SSSR count). The van der Waals surface area contributed by atoms with E-state index in [0.29, 0.717) is 29.6 Å². The molecule has 2 N–H and O–H groups in total. The molecule has 0 fully saturated rings. The summed E-state index contributed by atoms with van der Waals surface area (Å²) >= 11 is 6.39. The number of H-pyrrole nitrogens is 1. The van der Waals surface area contributed by atoms with Crippen molar-refractivity contribution in [2.45, 2.75) is 13.0 Å². The molecule has 0 unspecified atom stereocenters. The van der Waals surface area contributed by atoms with Crippen LogP contribution >= 0.6 is 11.6 Å². The van der Waals surface area contributed by atoms with Crippen LogP contribution in [0.4, 0.5) is 27.4 Å². The summed E-state index contributed by atoms with van der Waals surface area (Å²) in [5.74, 6) is 1.11. The molecule has 186 valence electrons. The second-order valence-electron chi connectivity index (χ2n) is 9.36. The van der Waals surface area contributed by atoms with E-state index in [-0.39, 0.29) is 5.82 Å². The van der Waals surface area contributed by atoms with Crippen LogP contribution in [0, 0.1) is 5.82 Å². The lowest BCUT2D eigenvalue weighted by molar-refractivity contribution is 0.392. The largest absolute Gasteiger partial charge is 0.341 e.